The van der Waals surface area contributed by atoms with Crippen LogP contribution in [0.25, 0.3) is 0 Å². The van der Waals surface area contributed by atoms with Gasteiger partial charge < -0.3 is 5.11 Å². The van der Waals surface area contributed by atoms with E-state index in [0.717, 1.165) is 6.42 Å². The molecule has 2 nitrogen and oxygen atoms in total. The fourth-order valence-electron chi connectivity index (χ4n) is 1.12. The van der Waals surface area contributed by atoms with Gasteiger partial charge in [0.1, 0.15) is 0 Å². The summed E-state index contributed by atoms with van der Waals surface area (Å²) in [5, 5.41) is 8.65. The first-order valence-corrected chi connectivity index (χ1v) is 3.69. The predicted octanol–water partition coefficient (Wildman–Crippen LogP) is 2.13. The van der Waals surface area contributed by atoms with Gasteiger partial charge in [0.25, 0.3) is 0 Å². The Balaban J connectivity index is 2.75. The number of hydrogen-bond donors (Lipinski definition) is 1. The Morgan fingerprint density at radius 2 is 2.09 bits per heavy atom. The highest BCUT2D eigenvalue weighted by Crippen LogP contribution is 2.23. The summed E-state index contributed by atoms with van der Waals surface area (Å²) in [6, 6.07) is 0. The summed E-state index contributed by atoms with van der Waals surface area (Å²) in [5.74, 6) is -0.781. The van der Waals surface area contributed by atoms with Gasteiger partial charge in [0, 0.05) is 12.0 Å². The molecular formula is C9H12O2. The molecule has 0 amide bonds. The van der Waals surface area contributed by atoms with Gasteiger partial charge in [-0.1, -0.05) is 17.2 Å². The van der Waals surface area contributed by atoms with Crippen molar-refractivity contribution in [1.82, 2.24) is 0 Å². The van der Waals surface area contributed by atoms with Gasteiger partial charge in [-0.2, -0.15) is 0 Å². The van der Waals surface area contributed by atoms with Crippen LogP contribution in [0.15, 0.2) is 22.8 Å². The third-order valence-corrected chi connectivity index (χ3v) is 2.11. The van der Waals surface area contributed by atoms with Crippen LogP contribution in [0.4, 0.5) is 0 Å². The van der Waals surface area contributed by atoms with E-state index in [2.05, 4.69) is 0 Å². The quantitative estimate of drug-likeness (QED) is 0.584. The molecule has 2 heteroatoms. The smallest absolute Gasteiger partial charge is 0.331 e. The molecule has 60 valence electrons. The highest BCUT2D eigenvalue weighted by Gasteiger charge is 2.12. The molecule has 0 aliphatic heterocycles. The van der Waals surface area contributed by atoms with Gasteiger partial charge in [0.15, 0.2) is 0 Å². The Hall–Kier alpha value is -1.05. The molecule has 0 aromatic heterocycles. The minimum Gasteiger partial charge on any atom is -0.478 e. The van der Waals surface area contributed by atoms with E-state index in [4.69, 9.17) is 5.11 Å². The van der Waals surface area contributed by atoms with Crippen molar-refractivity contribution in [3.63, 3.8) is 0 Å². The first-order chi connectivity index (χ1) is 5.11. The molecule has 1 N–H and O–H groups in total. The molecule has 1 aliphatic carbocycles. The van der Waals surface area contributed by atoms with Crippen molar-refractivity contribution in [2.45, 2.75) is 26.7 Å². The molecule has 0 heterocycles. The molecule has 1 rings (SSSR count). The highest BCUT2D eigenvalue weighted by molar-refractivity contribution is 5.87. The average Bonchev–Trinajstić information content (AvgIpc) is 1.94. The zero-order chi connectivity index (χ0) is 8.43. The average molecular weight is 152 g/mol. The first kappa shape index (κ1) is 8.05. The van der Waals surface area contributed by atoms with Crippen LogP contribution in [-0.4, -0.2) is 11.1 Å². The third kappa shape index (κ3) is 1.70. The number of rotatable bonds is 1. The van der Waals surface area contributed by atoms with Crippen molar-refractivity contribution < 1.29 is 9.90 Å². The number of hydrogen-bond acceptors (Lipinski definition) is 1. The number of allylic oxidation sites excluding steroid dienone is 3. The maximum atomic E-state index is 10.5. The molecule has 0 saturated carbocycles. The molecule has 0 radical (unpaired) electrons. The molecule has 1 aliphatic rings. The van der Waals surface area contributed by atoms with Gasteiger partial charge in [-0.05, 0) is 20.3 Å². The minimum absolute atomic E-state index is 0.535. The molecule has 0 fully saturated rings. The summed E-state index contributed by atoms with van der Waals surface area (Å²) in [7, 11) is 0. The Morgan fingerprint density at radius 1 is 1.45 bits per heavy atom. The van der Waals surface area contributed by atoms with Crippen molar-refractivity contribution in [2.75, 3.05) is 0 Å². The monoisotopic (exact) mass is 152 g/mol. The van der Waals surface area contributed by atoms with Crippen LogP contribution in [0.2, 0.25) is 0 Å². The summed E-state index contributed by atoms with van der Waals surface area (Å²) < 4.78 is 0. The maximum Gasteiger partial charge on any atom is 0.331 e. The lowest BCUT2D eigenvalue weighted by Crippen LogP contribution is -2.05. The van der Waals surface area contributed by atoms with E-state index in [1.807, 2.05) is 13.8 Å². The lowest BCUT2D eigenvalue weighted by Gasteiger charge is -2.12. The molecule has 0 aromatic carbocycles. The van der Waals surface area contributed by atoms with Crippen LogP contribution < -0.4 is 0 Å². The second kappa shape index (κ2) is 2.91. The Morgan fingerprint density at radius 3 is 2.55 bits per heavy atom. The zero-order valence-corrected chi connectivity index (χ0v) is 6.85. The summed E-state index contributed by atoms with van der Waals surface area (Å²) in [6.45, 7) is 4.04. The van der Waals surface area contributed by atoms with Gasteiger partial charge in [-0.25, -0.2) is 4.79 Å². The lowest BCUT2D eigenvalue weighted by molar-refractivity contribution is -0.132. The van der Waals surface area contributed by atoms with Crippen LogP contribution in [-0.2, 0) is 4.79 Å². The molecule has 11 heavy (non-hydrogen) atoms. The Kier molecular flexibility index (Phi) is 2.13. The largest absolute Gasteiger partial charge is 0.478 e. The standard InChI is InChI=1S/C9H12O2/c1-6-3-4-8(9(10)11)5-7(6)2/h4H,3,5H2,1-2H3,(H,10,11). The van der Waals surface area contributed by atoms with Gasteiger partial charge in [0.2, 0.25) is 0 Å². The minimum atomic E-state index is -0.781. The van der Waals surface area contributed by atoms with Gasteiger partial charge in [-0.15, -0.1) is 0 Å². The number of carbonyl (C=O) groups is 1. The second-order valence-corrected chi connectivity index (χ2v) is 2.98. The lowest BCUT2D eigenvalue weighted by atomic mass is 9.94. The van der Waals surface area contributed by atoms with E-state index in [-0.39, 0.29) is 0 Å². The van der Waals surface area contributed by atoms with Gasteiger partial charge in [0.05, 0.1) is 0 Å². The van der Waals surface area contributed by atoms with Crippen molar-refractivity contribution in [1.29, 1.82) is 0 Å². The molecule has 0 spiro atoms. The van der Waals surface area contributed by atoms with Crippen molar-refractivity contribution in [3.8, 4) is 0 Å². The van der Waals surface area contributed by atoms with Crippen LogP contribution >= 0.6 is 0 Å². The van der Waals surface area contributed by atoms with Crippen LogP contribution in [0.5, 0.6) is 0 Å². The van der Waals surface area contributed by atoms with Crippen molar-refractivity contribution in [2.24, 2.45) is 0 Å². The second-order valence-electron chi connectivity index (χ2n) is 2.98. The molecule has 0 atom stereocenters. The van der Waals surface area contributed by atoms with E-state index >= 15 is 0 Å². The molecule has 0 unspecified atom stereocenters. The fourth-order valence-corrected chi connectivity index (χ4v) is 1.12. The van der Waals surface area contributed by atoms with Crippen LogP contribution in [0.3, 0.4) is 0 Å². The summed E-state index contributed by atoms with van der Waals surface area (Å²) in [4.78, 5) is 10.5. The normalized spacial score (nSPS) is 18.2. The van der Waals surface area contributed by atoms with Crippen molar-refractivity contribution in [3.05, 3.63) is 22.8 Å². The molecule has 0 bridgehead atoms. The van der Waals surface area contributed by atoms with E-state index in [0.29, 0.717) is 12.0 Å². The van der Waals surface area contributed by atoms with Crippen LogP contribution in [0.1, 0.15) is 26.7 Å². The summed E-state index contributed by atoms with van der Waals surface area (Å²) in [6.07, 6.45) is 3.21. The maximum absolute atomic E-state index is 10.5. The molecule has 0 aromatic rings. The third-order valence-electron chi connectivity index (χ3n) is 2.11. The van der Waals surface area contributed by atoms with E-state index in [9.17, 15) is 4.79 Å². The SMILES string of the molecule is CC1=C(C)CC(C(=O)O)=CC1. The number of carboxylic acids is 1. The predicted molar refractivity (Wildman–Crippen MR) is 43.3 cm³/mol. The summed E-state index contributed by atoms with van der Waals surface area (Å²) in [5.41, 5.74) is 3.04. The Labute approximate surface area is 66.2 Å². The van der Waals surface area contributed by atoms with E-state index in [1.54, 1.807) is 6.08 Å². The summed E-state index contributed by atoms with van der Waals surface area (Å²) >= 11 is 0. The van der Waals surface area contributed by atoms with E-state index in [1.165, 1.54) is 11.1 Å². The number of aliphatic carboxylic acids is 1. The highest BCUT2D eigenvalue weighted by atomic mass is 16.4. The first-order valence-electron chi connectivity index (χ1n) is 3.69. The topological polar surface area (TPSA) is 37.3 Å². The number of carboxylic acid groups (broad SMARTS) is 1. The molecule has 0 saturated heterocycles. The Bertz CT molecular complexity index is 246. The van der Waals surface area contributed by atoms with Crippen LogP contribution in [0, 0.1) is 0 Å². The van der Waals surface area contributed by atoms with Crippen molar-refractivity contribution >= 4 is 5.97 Å². The zero-order valence-electron chi connectivity index (χ0n) is 6.85. The van der Waals surface area contributed by atoms with Gasteiger partial charge in [-0.3, -0.25) is 0 Å². The molecular weight excluding hydrogens is 140 g/mol. The fraction of sp³-hybridized carbons (Fsp3) is 0.444. The van der Waals surface area contributed by atoms with Gasteiger partial charge >= 0.3 is 5.97 Å². The van der Waals surface area contributed by atoms with E-state index < -0.39 is 5.97 Å².